The number of rotatable bonds is 10. The summed E-state index contributed by atoms with van der Waals surface area (Å²) in [6, 6.07) is 0. The molecular formula is C8H20N2O3P+. The molecule has 0 unspecified atom stereocenters. The van der Waals surface area contributed by atoms with Crippen LogP contribution in [0.5, 0.6) is 0 Å². The van der Waals surface area contributed by atoms with Gasteiger partial charge in [0.15, 0.2) is 0 Å². The van der Waals surface area contributed by atoms with Crippen molar-refractivity contribution >= 4 is 8.25 Å². The van der Waals surface area contributed by atoms with Crippen molar-refractivity contribution in [1.29, 1.82) is 0 Å². The summed E-state index contributed by atoms with van der Waals surface area (Å²) in [5.41, 5.74) is 0. The van der Waals surface area contributed by atoms with Gasteiger partial charge in [0.1, 0.15) is 13.2 Å². The molecule has 5 nitrogen and oxygen atoms in total. The average molecular weight is 223 g/mol. The Balaban J connectivity index is 3.11. The molecule has 0 fully saturated rings. The van der Waals surface area contributed by atoms with Crippen LogP contribution >= 0.6 is 8.25 Å². The fraction of sp³-hybridized carbons (Fsp3) is 1.00. The second kappa shape index (κ2) is 11.0. The van der Waals surface area contributed by atoms with Crippen molar-refractivity contribution in [2.24, 2.45) is 0 Å². The highest BCUT2D eigenvalue weighted by atomic mass is 31.1. The predicted molar refractivity (Wildman–Crippen MR) is 56.6 cm³/mol. The molecule has 6 heteroatoms. The maximum absolute atomic E-state index is 11.0. The zero-order valence-corrected chi connectivity index (χ0v) is 9.81. The summed E-state index contributed by atoms with van der Waals surface area (Å²) in [6.07, 6.45) is 0. The van der Waals surface area contributed by atoms with Gasteiger partial charge in [-0.15, -0.1) is 9.05 Å². The van der Waals surface area contributed by atoms with E-state index in [1.165, 1.54) is 0 Å². The second-order valence-electron chi connectivity index (χ2n) is 2.60. The quantitative estimate of drug-likeness (QED) is 0.425. The van der Waals surface area contributed by atoms with Crippen LogP contribution in [0.2, 0.25) is 0 Å². The van der Waals surface area contributed by atoms with Crippen molar-refractivity contribution in [2.75, 3.05) is 39.4 Å². The molecular weight excluding hydrogens is 203 g/mol. The minimum absolute atomic E-state index is 0.421. The number of nitrogens with one attached hydrogen (secondary N) is 2. The molecule has 0 aromatic carbocycles. The van der Waals surface area contributed by atoms with Crippen LogP contribution in [0.15, 0.2) is 0 Å². The summed E-state index contributed by atoms with van der Waals surface area (Å²) < 4.78 is 20.9. The Bertz CT molecular complexity index is 133. The number of hydrogen-bond acceptors (Lipinski definition) is 5. The van der Waals surface area contributed by atoms with Crippen LogP contribution in [0.4, 0.5) is 0 Å². The SMILES string of the molecule is CCNCCO[P+](=O)OCCNCC. The second-order valence-corrected chi connectivity index (χ2v) is 3.56. The Morgan fingerprint density at radius 1 is 1.00 bits per heavy atom. The molecule has 14 heavy (non-hydrogen) atoms. The zero-order chi connectivity index (χ0) is 10.6. The molecule has 0 rings (SSSR count). The number of hydrogen-bond donors (Lipinski definition) is 2. The molecule has 0 spiro atoms. The molecule has 2 N–H and O–H groups in total. The van der Waals surface area contributed by atoms with Crippen LogP contribution in [0.1, 0.15) is 13.8 Å². The topological polar surface area (TPSA) is 59.6 Å². The largest absolute Gasteiger partial charge is 0.697 e. The lowest BCUT2D eigenvalue weighted by molar-refractivity contribution is 0.226. The molecule has 0 aromatic heterocycles. The number of likely N-dealkylation sites (N-methyl/N-ethyl adjacent to an activating group) is 2. The summed E-state index contributed by atoms with van der Waals surface area (Å²) in [7, 11) is -1.94. The zero-order valence-electron chi connectivity index (χ0n) is 8.91. The van der Waals surface area contributed by atoms with E-state index in [-0.39, 0.29) is 0 Å². The van der Waals surface area contributed by atoms with Crippen LogP contribution in [-0.4, -0.2) is 39.4 Å². The standard InChI is InChI=1S/C8H20N2O3P/c1-3-9-5-7-12-14(11)13-8-6-10-4-2/h9-10H,3-8H2,1-2H3/q+1. The van der Waals surface area contributed by atoms with Gasteiger partial charge in [-0.3, -0.25) is 0 Å². The Morgan fingerprint density at radius 2 is 1.43 bits per heavy atom. The maximum atomic E-state index is 11.0. The van der Waals surface area contributed by atoms with Gasteiger partial charge in [-0.05, 0) is 13.1 Å². The third-order valence-corrected chi connectivity index (χ3v) is 2.24. The Labute approximate surface area is 86.5 Å². The fourth-order valence-electron chi connectivity index (χ4n) is 0.776. The molecule has 0 heterocycles. The van der Waals surface area contributed by atoms with Gasteiger partial charge in [0.05, 0.1) is 0 Å². The molecule has 0 saturated heterocycles. The van der Waals surface area contributed by atoms with E-state index < -0.39 is 8.25 Å². The average Bonchev–Trinajstić information content (AvgIpc) is 2.19. The first-order chi connectivity index (χ1) is 6.81. The summed E-state index contributed by atoms with van der Waals surface area (Å²) in [5, 5.41) is 6.12. The van der Waals surface area contributed by atoms with Crippen molar-refractivity contribution in [3.63, 3.8) is 0 Å². The monoisotopic (exact) mass is 223 g/mol. The van der Waals surface area contributed by atoms with Crippen LogP contribution in [0, 0.1) is 0 Å². The minimum Gasteiger partial charge on any atom is -0.315 e. The molecule has 84 valence electrons. The lowest BCUT2D eigenvalue weighted by Crippen LogP contribution is -2.19. The summed E-state index contributed by atoms with van der Waals surface area (Å²) >= 11 is 0. The minimum atomic E-state index is -1.94. The van der Waals surface area contributed by atoms with E-state index in [4.69, 9.17) is 9.05 Å². The first-order valence-corrected chi connectivity index (χ1v) is 6.05. The summed E-state index contributed by atoms with van der Waals surface area (Å²) in [6.45, 7) is 8.04. The molecule has 0 atom stereocenters. The van der Waals surface area contributed by atoms with E-state index in [1.54, 1.807) is 0 Å². The summed E-state index contributed by atoms with van der Waals surface area (Å²) in [5.74, 6) is 0. The normalized spacial score (nSPS) is 10.4. The van der Waals surface area contributed by atoms with E-state index >= 15 is 0 Å². The maximum Gasteiger partial charge on any atom is 0.697 e. The van der Waals surface area contributed by atoms with E-state index in [1.807, 2.05) is 13.8 Å². The van der Waals surface area contributed by atoms with Gasteiger partial charge < -0.3 is 10.6 Å². The highest BCUT2D eigenvalue weighted by molar-refractivity contribution is 7.33. The van der Waals surface area contributed by atoms with Crippen molar-refractivity contribution in [3.05, 3.63) is 0 Å². The van der Waals surface area contributed by atoms with E-state index in [0.29, 0.717) is 26.3 Å². The van der Waals surface area contributed by atoms with Crippen molar-refractivity contribution in [3.8, 4) is 0 Å². The van der Waals surface area contributed by atoms with Crippen LogP contribution in [0.3, 0.4) is 0 Å². The van der Waals surface area contributed by atoms with Gasteiger partial charge in [-0.2, -0.15) is 0 Å². The smallest absolute Gasteiger partial charge is 0.315 e. The predicted octanol–water partition coefficient (Wildman–Crippen LogP) is 0.896. The van der Waals surface area contributed by atoms with E-state index in [0.717, 1.165) is 13.1 Å². The lowest BCUT2D eigenvalue weighted by Gasteiger charge is -1.96. The lowest BCUT2D eigenvalue weighted by atomic mass is 10.6. The van der Waals surface area contributed by atoms with E-state index in [9.17, 15) is 4.57 Å². The molecule has 0 aliphatic rings. The van der Waals surface area contributed by atoms with Crippen LogP contribution < -0.4 is 10.6 Å². The molecule has 0 aliphatic heterocycles. The van der Waals surface area contributed by atoms with Gasteiger partial charge in [0.25, 0.3) is 0 Å². The molecule has 0 radical (unpaired) electrons. The van der Waals surface area contributed by atoms with Gasteiger partial charge in [-0.1, -0.05) is 13.8 Å². The molecule has 0 aromatic rings. The van der Waals surface area contributed by atoms with Crippen molar-refractivity contribution in [1.82, 2.24) is 10.6 Å². The Morgan fingerprint density at radius 3 is 1.79 bits per heavy atom. The third kappa shape index (κ3) is 10.0. The van der Waals surface area contributed by atoms with Gasteiger partial charge in [0, 0.05) is 17.7 Å². The Hall–Kier alpha value is -0.0600. The van der Waals surface area contributed by atoms with Crippen molar-refractivity contribution in [2.45, 2.75) is 13.8 Å². The fourth-order valence-corrected chi connectivity index (χ4v) is 1.33. The first kappa shape index (κ1) is 13.9. The molecule has 0 amide bonds. The Kier molecular flexibility index (Phi) is 11.0. The van der Waals surface area contributed by atoms with Gasteiger partial charge in [-0.25, -0.2) is 0 Å². The third-order valence-electron chi connectivity index (χ3n) is 1.45. The van der Waals surface area contributed by atoms with Gasteiger partial charge in [0.2, 0.25) is 0 Å². The molecule has 0 aliphatic carbocycles. The van der Waals surface area contributed by atoms with Crippen LogP contribution in [-0.2, 0) is 13.6 Å². The van der Waals surface area contributed by atoms with Crippen molar-refractivity contribution < 1.29 is 13.6 Å². The highest BCUT2D eigenvalue weighted by Crippen LogP contribution is 2.22. The highest BCUT2D eigenvalue weighted by Gasteiger charge is 2.18. The molecule has 0 bridgehead atoms. The first-order valence-electron chi connectivity index (χ1n) is 4.95. The van der Waals surface area contributed by atoms with E-state index in [2.05, 4.69) is 10.6 Å². The van der Waals surface area contributed by atoms with Gasteiger partial charge >= 0.3 is 8.25 Å². The summed E-state index contributed by atoms with van der Waals surface area (Å²) in [4.78, 5) is 0. The molecule has 0 saturated carbocycles. The van der Waals surface area contributed by atoms with Crippen LogP contribution in [0.25, 0.3) is 0 Å².